The molecule has 2 rings (SSSR count). The second-order valence-electron chi connectivity index (χ2n) is 4.08. The highest BCUT2D eigenvalue weighted by molar-refractivity contribution is 5.45. The third kappa shape index (κ3) is 2.33. The first-order chi connectivity index (χ1) is 8.08. The van der Waals surface area contributed by atoms with Gasteiger partial charge in [0, 0.05) is 6.42 Å². The number of rotatable bonds is 2. The molecule has 0 aliphatic rings. The molecule has 3 nitrogen and oxygen atoms in total. The van der Waals surface area contributed by atoms with E-state index >= 15 is 0 Å². The van der Waals surface area contributed by atoms with Gasteiger partial charge in [-0.1, -0.05) is 24.3 Å². The summed E-state index contributed by atoms with van der Waals surface area (Å²) in [6.07, 6.45) is 0.515. The van der Waals surface area contributed by atoms with Gasteiger partial charge in [-0.05, 0) is 35.7 Å². The van der Waals surface area contributed by atoms with Crippen molar-refractivity contribution in [2.45, 2.75) is 13.3 Å². The van der Waals surface area contributed by atoms with Crippen LogP contribution in [0, 0.1) is 6.92 Å². The Labute approximate surface area is 99.6 Å². The average Bonchev–Trinajstić information content (AvgIpc) is 2.30. The summed E-state index contributed by atoms with van der Waals surface area (Å²) in [7, 11) is 0. The molecular weight excluding hydrogens is 216 g/mol. The first kappa shape index (κ1) is 11.3. The van der Waals surface area contributed by atoms with E-state index < -0.39 is 0 Å². The van der Waals surface area contributed by atoms with Crippen LogP contribution in [-0.2, 0) is 6.42 Å². The highest BCUT2D eigenvalue weighted by atomic mass is 16.3. The number of hydrogen-bond donors (Lipinski definition) is 3. The molecule has 3 N–H and O–H groups in total. The summed E-state index contributed by atoms with van der Waals surface area (Å²) in [6.45, 7) is 1.84. The van der Waals surface area contributed by atoms with E-state index in [9.17, 15) is 15.3 Å². The lowest BCUT2D eigenvalue weighted by atomic mass is 10.0. The van der Waals surface area contributed by atoms with Crippen LogP contribution in [0.4, 0.5) is 0 Å². The van der Waals surface area contributed by atoms with Gasteiger partial charge in [-0.2, -0.15) is 0 Å². The summed E-state index contributed by atoms with van der Waals surface area (Å²) in [6, 6.07) is 10.2. The molecule has 2 aromatic carbocycles. The summed E-state index contributed by atoms with van der Waals surface area (Å²) in [4.78, 5) is 0. The number of phenolic OH excluding ortho intramolecular Hbond substituents is 3. The van der Waals surface area contributed by atoms with Crippen molar-refractivity contribution in [3.8, 4) is 17.2 Å². The van der Waals surface area contributed by atoms with Gasteiger partial charge in [0.1, 0.15) is 5.75 Å². The van der Waals surface area contributed by atoms with E-state index in [0.29, 0.717) is 6.42 Å². The Hall–Kier alpha value is -2.16. The molecule has 2 aromatic rings. The minimum atomic E-state index is -0.144. The van der Waals surface area contributed by atoms with E-state index in [1.54, 1.807) is 6.07 Å². The summed E-state index contributed by atoms with van der Waals surface area (Å²) < 4.78 is 0. The molecule has 0 saturated carbocycles. The molecule has 88 valence electrons. The fourth-order valence-corrected chi connectivity index (χ4v) is 1.76. The van der Waals surface area contributed by atoms with Crippen molar-refractivity contribution in [1.82, 2.24) is 0 Å². The third-order valence-electron chi connectivity index (χ3n) is 2.76. The number of para-hydroxylation sites is 1. The quantitative estimate of drug-likeness (QED) is 0.695. The molecule has 0 unspecified atom stereocenters. The van der Waals surface area contributed by atoms with Crippen molar-refractivity contribution in [3.63, 3.8) is 0 Å². The number of benzene rings is 2. The minimum absolute atomic E-state index is 0.137. The molecule has 0 aliphatic carbocycles. The molecule has 0 bridgehead atoms. The maximum absolute atomic E-state index is 9.87. The van der Waals surface area contributed by atoms with E-state index in [1.165, 1.54) is 12.1 Å². The molecule has 0 radical (unpaired) electrons. The molecule has 0 heterocycles. The average molecular weight is 230 g/mol. The fraction of sp³-hybridized carbons (Fsp3) is 0.143. The highest BCUT2D eigenvalue weighted by Gasteiger charge is 2.06. The fourth-order valence-electron chi connectivity index (χ4n) is 1.76. The zero-order valence-corrected chi connectivity index (χ0v) is 9.51. The van der Waals surface area contributed by atoms with Crippen molar-refractivity contribution in [1.29, 1.82) is 0 Å². The normalized spacial score (nSPS) is 10.4. The second-order valence-corrected chi connectivity index (χ2v) is 4.08. The molecule has 3 heteroatoms. The molecule has 0 aromatic heterocycles. The summed E-state index contributed by atoms with van der Waals surface area (Å²) in [5.41, 5.74) is 2.46. The van der Waals surface area contributed by atoms with Crippen LogP contribution in [0.5, 0.6) is 17.2 Å². The van der Waals surface area contributed by atoms with E-state index in [-0.39, 0.29) is 17.2 Å². The Morgan fingerprint density at radius 3 is 2.41 bits per heavy atom. The van der Waals surface area contributed by atoms with Crippen molar-refractivity contribution < 1.29 is 15.3 Å². The van der Waals surface area contributed by atoms with Gasteiger partial charge in [-0.3, -0.25) is 0 Å². The number of phenols is 3. The van der Waals surface area contributed by atoms with Gasteiger partial charge in [0.25, 0.3) is 0 Å². The largest absolute Gasteiger partial charge is 0.507 e. The molecule has 0 saturated heterocycles. The number of aryl methyl sites for hydroxylation is 1. The first-order valence-corrected chi connectivity index (χ1v) is 5.36. The van der Waals surface area contributed by atoms with Crippen LogP contribution in [0.3, 0.4) is 0 Å². The predicted octanol–water partition coefficient (Wildman–Crippen LogP) is 2.70. The lowest BCUT2D eigenvalue weighted by Gasteiger charge is -2.08. The van der Waals surface area contributed by atoms with Gasteiger partial charge in [0.05, 0.1) is 0 Å². The van der Waals surface area contributed by atoms with Gasteiger partial charge in [-0.25, -0.2) is 0 Å². The number of hydrogen-bond acceptors (Lipinski definition) is 3. The Balaban J connectivity index is 2.31. The van der Waals surface area contributed by atoms with Gasteiger partial charge >= 0.3 is 0 Å². The Morgan fingerprint density at radius 1 is 0.941 bits per heavy atom. The van der Waals surface area contributed by atoms with Crippen molar-refractivity contribution in [2.24, 2.45) is 0 Å². The Kier molecular flexibility index (Phi) is 2.91. The van der Waals surface area contributed by atoms with Crippen molar-refractivity contribution in [3.05, 3.63) is 53.1 Å². The van der Waals surface area contributed by atoms with Crippen LogP contribution in [0.25, 0.3) is 0 Å². The van der Waals surface area contributed by atoms with E-state index in [2.05, 4.69) is 0 Å². The topological polar surface area (TPSA) is 60.7 Å². The molecular formula is C14H14O3. The first-order valence-electron chi connectivity index (χ1n) is 5.36. The van der Waals surface area contributed by atoms with E-state index in [4.69, 9.17) is 0 Å². The Bertz CT molecular complexity index is 547. The van der Waals surface area contributed by atoms with Crippen LogP contribution in [0.2, 0.25) is 0 Å². The number of aromatic hydroxyl groups is 3. The van der Waals surface area contributed by atoms with Crippen molar-refractivity contribution >= 4 is 0 Å². The lowest BCUT2D eigenvalue weighted by molar-refractivity contribution is 0.403. The maximum atomic E-state index is 9.87. The molecule has 0 amide bonds. The van der Waals surface area contributed by atoms with Crippen molar-refractivity contribution in [2.75, 3.05) is 0 Å². The van der Waals surface area contributed by atoms with Crippen LogP contribution >= 0.6 is 0 Å². The Morgan fingerprint density at radius 2 is 1.71 bits per heavy atom. The van der Waals surface area contributed by atoms with Crippen LogP contribution in [0.1, 0.15) is 16.7 Å². The monoisotopic (exact) mass is 230 g/mol. The molecule has 0 fully saturated rings. The summed E-state index contributed by atoms with van der Waals surface area (Å²) in [5.74, 6) is -0.00285. The van der Waals surface area contributed by atoms with Crippen LogP contribution in [0.15, 0.2) is 36.4 Å². The third-order valence-corrected chi connectivity index (χ3v) is 2.76. The zero-order chi connectivity index (χ0) is 12.4. The minimum Gasteiger partial charge on any atom is -0.507 e. The summed E-state index contributed by atoms with van der Waals surface area (Å²) >= 11 is 0. The molecule has 0 atom stereocenters. The SMILES string of the molecule is Cc1cccc(Cc2ccc(O)c(O)c2)c1O. The standard InChI is InChI=1S/C14H14O3/c1-9-3-2-4-11(14(9)17)7-10-5-6-12(15)13(16)8-10/h2-6,8,15-17H,7H2,1H3. The van der Waals surface area contributed by atoms with Gasteiger partial charge in [0.2, 0.25) is 0 Å². The van der Waals surface area contributed by atoms with Crippen LogP contribution < -0.4 is 0 Å². The molecule has 17 heavy (non-hydrogen) atoms. The maximum Gasteiger partial charge on any atom is 0.157 e. The van der Waals surface area contributed by atoms with Gasteiger partial charge < -0.3 is 15.3 Å². The van der Waals surface area contributed by atoms with Gasteiger partial charge in [0.15, 0.2) is 11.5 Å². The predicted molar refractivity (Wildman–Crippen MR) is 65.4 cm³/mol. The van der Waals surface area contributed by atoms with E-state index in [1.807, 2.05) is 25.1 Å². The zero-order valence-electron chi connectivity index (χ0n) is 9.51. The summed E-state index contributed by atoms with van der Waals surface area (Å²) in [5, 5.41) is 28.5. The van der Waals surface area contributed by atoms with Crippen LogP contribution in [-0.4, -0.2) is 15.3 Å². The molecule has 0 aliphatic heterocycles. The lowest BCUT2D eigenvalue weighted by Crippen LogP contribution is -1.90. The smallest absolute Gasteiger partial charge is 0.157 e. The second kappa shape index (κ2) is 4.37. The molecule has 0 spiro atoms. The van der Waals surface area contributed by atoms with Gasteiger partial charge in [-0.15, -0.1) is 0 Å². The van der Waals surface area contributed by atoms with E-state index in [0.717, 1.165) is 16.7 Å². The highest BCUT2D eigenvalue weighted by Crippen LogP contribution is 2.28.